The average molecular weight is 180 g/mol. The van der Waals surface area contributed by atoms with Crippen LogP contribution in [0, 0.1) is 6.92 Å². The van der Waals surface area contributed by atoms with E-state index in [1.807, 2.05) is 6.92 Å². The van der Waals surface area contributed by atoms with E-state index in [-0.39, 0.29) is 11.7 Å². The van der Waals surface area contributed by atoms with Crippen LogP contribution in [0.4, 0.5) is 0 Å². The fourth-order valence-corrected chi connectivity index (χ4v) is 0.754. The second-order valence-electron chi connectivity index (χ2n) is 2.88. The average Bonchev–Trinajstić information content (AvgIpc) is 2.47. The molecule has 0 aromatic carbocycles. The van der Waals surface area contributed by atoms with Crippen molar-refractivity contribution in [2.24, 2.45) is 0 Å². The lowest BCUT2D eigenvalue weighted by molar-refractivity contribution is 0.0947. The summed E-state index contributed by atoms with van der Waals surface area (Å²) >= 11 is 0. The van der Waals surface area contributed by atoms with Crippen LogP contribution in [0.3, 0.4) is 0 Å². The molecule has 0 aliphatic carbocycles. The van der Waals surface area contributed by atoms with Gasteiger partial charge in [0.25, 0.3) is 5.91 Å². The summed E-state index contributed by atoms with van der Waals surface area (Å²) in [4.78, 5) is 15.1. The van der Waals surface area contributed by atoms with E-state index in [0.29, 0.717) is 12.4 Å². The molecule has 0 aliphatic rings. The van der Waals surface area contributed by atoms with E-state index in [9.17, 15) is 4.79 Å². The first-order valence-electron chi connectivity index (χ1n) is 3.91. The summed E-state index contributed by atoms with van der Waals surface area (Å²) in [6.07, 6.45) is 0. The molecule has 0 radical (unpaired) electrons. The molecule has 0 spiro atoms. The van der Waals surface area contributed by atoms with E-state index >= 15 is 0 Å². The van der Waals surface area contributed by atoms with Crippen molar-refractivity contribution in [2.75, 3.05) is 6.54 Å². The maximum atomic E-state index is 11.3. The largest absolute Gasteiger partial charge is 0.346 e. The van der Waals surface area contributed by atoms with Crippen LogP contribution < -0.4 is 5.32 Å². The molecule has 1 aromatic rings. The van der Waals surface area contributed by atoms with Gasteiger partial charge < -0.3 is 5.32 Å². The third-order valence-electron chi connectivity index (χ3n) is 1.35. The first-order valence-corrected chi connectivity index (χ1v) is 3.91. The van der Waals surface area contributed by atoms with Crippen LogP contribution in [0.5, 0.6) is 0 Å². The van der Waals surface area contributed by atoms with Gasteiger partial charge in [0.2, 0.25) is 5.82 Å². The number of aromatic amines is 1. The number of amides is 1. The topological polar surface area (TPSA) is 70.7 Å². The highest BCUT2D eigenvalue weighted by Crippen LogP contribution is 1.91. The van der Waals surface area contributed by atoms with Crippen LogP contribution in [0.25, 0.3) is 0 Å². The molecule has 1 heterocycles. The van der Waals surface area contributed by atoms with Gasteiger partial charge in [-0.25, -0.2) is 4.98 Å². The summed E-state index contributed by atoms with van der Waals surface area (Å²) in [5, 5.41) is 8.94. The molecule has 5 nitrogen and oxygen atoms in total. The van der Waals surface area contributed by atoms with Crippen molar-refractivity contribution in [2.45, 2.75) is 13.8 Å². The Labute approximate surface area is 76.3 Å². The van der Waals surface area contributed by atoms with E-state index in [1.165, 1.54) is 0 Å². The lowest BCUT2D eigenvalue weighted by atomic mass is 10.3. The van der Waals surface area contributed by atoms with E-state index in [4.69, 9.17) is 0 Å². The number of nitrogens with zero attached hydrogens (tertiary/aromatic N) is 2. The minimum atomic E-state index is -0.285. The Hall–Kier alpha value is -1.65. The van der Waals surface area contributed by atoms with Gasteiger partial charge in [-0.3, -0.25) is 9.89 Å². The van der Waals surface area contributed by atoms with Crippen LogP contribution in [0.1, 0.15) is 23.4 Å². The Morgan fingerprint density at radius 3 is 2.85 bits per heavy atom. The normalized spacial score (nSPS) is 9.69. The molecule has 0 atom stereocenters. The van der Waals surface area contributed by atoms with Crippen LogP contribution in [0.15, 0.2) is 12.2 Å². The quantitative estimate of drug-likeness (QED) is 0.662. The highest BCUT2D eigenvalue weighted by molar-refractivity contribution is 5.90. The third kappa shape index (κ3) is 2.70. The van der Waals surface area contributed by atoms with Crippen molar-refractivity contribution in [1.29, 1.82) is 0 Å². The molecule has 0 saturated carbocycles. The van der Waals surface area contributed by atoms with Gasteiger partial charge in [-0.1, -0.05) is 12.2 Å². The molecule has 0 aliphatic heterocycles. The van der Waals surface area contributed by atoms with E-state index < -0.39 is 0 Å². The maximum Gasteiger partial charge on any atom is 0.291 e. The van der Waals surface area contributed by atoms with Gasteiger partial charge in [-0.05, 0) is 13.8 Å². The standard InChI is InChI=1S/C8H12N4O/c1-5(2)4-9-8(13)7-10-6(3)11-12-7/h1,4H2,2-3H3,(H,9,13)(H,10,11,12). The van der Waals surface area contributed by atoms with Crippen molar-refractivity contribution in [3.8, 4) is 0 Å². The zero-order valence-electron chi connectivity index (χ0n) is 7.72. The Morgan fingerprint density at radius 2 is 2.38 bits per heavy atom. The highest BCUT2D eigenvalue weighted by atomic mass is 16.2. The van der Waals surface area contributed by atoms with Crippen molar-refractivity contribution in [3.63, 3.8) is 0 Å². The number of carbonyl (C=O) groups excluding carboxylic acids is 1. The molecule has 0 unspecified atom stereocenters. The van der Waals surface area contributed by atoms with Crippen molar-refractivity contribution < 1.29 is 4.79 Å². The summed E-state index contributed by atoms with van der Waals surface area (Å²) < 4.78 is 0. The van der Waals surface area contributed by atoms with Crippen LogP contribution in [-0.2, 0) is 0 Å². The summed E-state index contributed by atoms with van der Waals surface area (Å²) in [5.41, 5.74) is 0.889. The smallest absolute Gasteiger partial charge is 0.291 e. The highest BCUT2D eigenvalue weighted by Gasteiger charge is 2.09. The first-order chi connectivity index (χ1) is 6.09. The molecule has 1 amide bonds. The summed E-state index contributed by atoms with van der Waals surface area (Å²) in [7, 11) is 0. The van der Waals surface area contributed by atoms with Crippen LogP contribution in [0.2, 0.25) is 0 Å². The monoisotopic (exact) mass is 180 g/mol. The Balaban J connectivity index is 2.54. The zero-order valence-corrected chi connectivity index (χ0v) is 7.72. The molecule has 2 N–H and O–H groups in total. The van der Waals surface area contributed by atoms with Crippen molar-refractivity contribution in [1.82, 2.24) is 20.5 Å². The summed E-state index contributed by atoms with van der Waals surface area (Å²) in [6, 6.07) is 0. The molecular formula is C8H12N4O. The van der Waals surface area contributed by atoms with Crippen molar-refractivity contribution >= 4 is 5.91 Å². The van der Waals surface area contributed by atoms with Crippen molar-refractivity contribution in [3.05, 3.63) is 23.8 Å². The van der Waals surface area contributed by atoms with E-state index in [0.717, 1.165) is 5.57 Å². The lowest BCUT2D eigenvalue weighted by Crippen LogP contribution is -2.25. The predicted octanol–water partition coefficient (Wildman–Crippen LogP) is 0.419. The first kappa shape index (κ1) is 9.44. The molecule has 0 saturated heterocycles. The molecule has 70 valence electrons. The number of H-pyrrole nitrogens is 1. The minimum Gasteiger partial charge on any atom is -0.346 e. The predicted molar refractivity (Wildman–Crippen MR) is 48.3 cm³/mol. The number of rotatable bonds is 3. The number of aromatic nitrogens is 3. The second-order valence-corrected chi connectivity index (χ2v) is 2.88. The maximum absolute atomic E-state index is 11.3. The number of carbonyl (C=O) groups is 1. The fourth-order valence-electron chi connectivity index (χ4n) is 0.754. The Kier molecular flexibility index (Phi) is 2.79. The van der Waals surface area contributed by atoms with E-state index in [2.05, 4.69) is 27.1 Å². The number of nitrogens with one attached hydrogen (secondary N) is 2. The SMILES string of the molecule is C=C(C)CNC(=O)c1n[nH]c(C)n1. The molecule has 0 bridgehead atoms. The molecule has 1 aromatic heterocycles. The van der Waals surface area contributed by atoms with Crippen LogP contribution in [-0.4, -0.2) is 27.6 Å². The number of aryl methyl sites for hydroxylation is 1. The Morgan fingerprint density at radius 1 is 1.69 bits per heavy atom. The van der Waals surface area contributed by atoms with Crippen LogP contribution >= 0.6 is 0 Å². The number of hydrogen-bond donors (Lipinski definition) is 2. The van der Waals surface area contributed by atoms with Gasteiger partial charge in [0, 0.05) is 6.54 Å². The molecular weight excluding hydrogens is 168 g/mol. The summed E-state index contributed by atoms with van der Waals surface area (Å²) in [5.74, 6) is 0.506. The third-order valence-corrected chi connectivity index (χ3v) is 1.35. The Bertz CT molecular complexity index is 329. The molecule has 0 fully saturated rings. The summed E-state index contributed by atoms with van der Waals surface area (Å²) in [6.45, 7) is 7.69. The van der Waals surface area contributed by atoms with Gasteiger partial charge in [0.1, 0.15) is 5.82 Å². The second kappa shape index (κ2) is 3.84. The zero-order chi connectivity index (χ0) is 9.84. The number of hydrogen-bond acceptors (Lipinski definition) is 3. The van der Waals surface area contributed by atoms with Gasteiger partial charge in [0.05, 0.1) is 0 Å². The van der Waals surface area contributed by atoms with Gasteiger partial charge in [-0.2, -0.15) is 0 Å². The minimum absolute atomic E-state index is 0.166. The molecule has 1 rings (SSSR count). The van der Waals surface area contributed by atoms with Gasteiger partial charge in [0.15, 0.2) is 0 Å². The fraction of sp³-hybridized carbons (Fsp3) is 0.375. The molecule has 5 heteroatoms. The van der Waals surface area contributed by atoms with Gasteiger partial charge >= 0.3 is 0 Å². The van der Waals surface area contributed by atoms with E-state index in [1.54, 1.807) is 6.92 Å². The molecule has 13 heavy (non-hydrogen) atoms. The van der Waals surface area contributed by atoms with Gasteiger partial charge in [-0.15, -0.1) is 5.10 Å². The lowest BCUT2D eigenvalue weighted by Gasteiger charge is -1.99.